The minimum Gasteiger partial charge on any atom is -0.481 e. The molecule has 20 heavy (non-hydrogen) atoms. The molecule has 1 aromatic carbocycles. The summed E-state index contributed by atoms with van der Waals surface area (Å²) < 4.78 is 0. The summed E-state index contributed by atoms with van der Waals surface area (Å²) in [6.07, 6.45) is 5.09. The SMILES string of the molecule is C#CC(C)NC(=O)N(CCC(=O)O)c1ccc(C)cc1. The monoisotopic (exact) mass is 274 g/mol. The van der Waals surface area contributed by atoms with Crippen molar-refractivity contribution in [3.8, 4) is 12.3 Å². The second kappa shape index (κ2) is 7.19. The first kappa shape index (κ1) is 15.6. The molecule has 0 aliphatic rings. The molecule has 0 fully saturated rings. The number of nitrogens with one attached hydrogen (secondary N) is 1. The average Bonchev–Trinajstić information content (AvgIpc) is 2.40. The predicted octanol–water partition coefficient (Wildman–Crippen LogP) is 2.01. The second-order valence-electron chi connectivity index (χ2n) is 4.47. The average molecular weight is 274 g/mol. The first-order valence-corrected chi connectivity index (χ1v) is 6.26. The van der Waals surface area contributed by atoms with Crippen LogP contribution in [-0.2, 0) is 4.79 Å². The molecule has 0 heterocycles. The van der Waals surface area contributed by atoms with Crippen molar-refractivity contribution in [1.29, 1.82) is 0 Å². The highest BCUT2D eigenvalue weighted by Gasteiger charge is 2.17. The van der Waals surface area contributed by atoms with E-state index in [4.69, 9.17) is 11.5 Å². The maximum absolute atomic E-state index is 12.1. The van der Waals surface area contributed by atoms with Crippen LogP contribution in [0.5, 0.6) is 0 Å². The fraction of sp³-hybridized carbons (Fsp3) is 0.333. The van der Waals surface area contributed by atoms with E-state index in [1.807, 2.05) is 19.1 Å². The van der Waals surface area contributed by atoms with Gasteiger partial charge in [-0.3, -0.25) is 9.69 Å². The van der Waals surface area contributed by atoms with Crippen LogP contribution in [0.2, 0.25) is 0 Å². The van der Waals surface area contributed by atoms with Crippen molar-refractivity contribution in [1.82, 2.24) is 5.32 Å². The Kier molecular flexibility index (Phi) is 5.60. The summed E-state index contributed by atoms with van der Waals surface area (Å²) in [7, 11) is 0. The summed E-state index contributed by atoms with van der Waals surface area (Å²) in [5.74, 6) is 1.44. The maximum Gasteiger partial charge on any atom is 0.322 e. The molecule has 0 radical (unpaired) electrons. The number of urea groups is 1. The summed E-state index contributed by atoms with van der Waals surface area (Å²) in [5, 5.41) is 11.4. The van der Waals surface area contributed by atoms with E-state index in [9.17, 15) is 9.59 Å². The van der Waals surface area contributed by atoms with E-state index < -0.39 is 18.0 Å². The standard InChI is InChI=1S/C15H18N2O3/c1-4-12(3)16-15(20)17(10-9-14(18)19)13-7-5-11(2)6-8-13/h1,5-8,12H,9-10H2,2-3H3,(H,16,20)(H,18,19). The Labute approximate surface area is 118 Å². The Morgan fingerprint density at radius 2 is 2.00 bits per heavy atom. The van der Waals surface area contributed by atoms with Gasteiger partial charge in [0.1, 0.15) is 0 Å². The number of rotatable bonds is 5. The lowest BCUT2D eigenvalue weighted by Crippen LogP contribution is -2.44. The van der Waals surface area contributed by atoms with Crippen molar-refractivity contribution in [2.45, 2.75) is 26.3 Å². The number of terminal acetylenes is 1. The highest BCUT2D eigenvalue weighted by Crippen LogP contribution is 2.16. The topological polar surface area (TPSA) is 69.6 Å². The summed E-state index contributed by atoms with van der Waals surface area (Å²) in [6.45, 7) is 3.70. The molecule has 0 bridgehead atoms. The van der Waals surface area contributed by atoms with Gasteiger partial charge in [-0.05, 0) is 26.0 Å². The Bertz CT molecular complexity index is 517. The smallest absolute Gasteiger partial charge is 0.322 e. The zero-order chi connectivity index (χ0) is 15.1. The number of carboxylic acids is 1. The number of carbonyl (C=O) groups excluding carboxylic acids is 1. The third-order valence-corrected chi connectivity index (χ3v) is 2.73. The fourth-order valence-electron chi connectivity index (χ4n) is 1.58. The van der Waals surface area contributed by atoms with Gasteiger partial charge in [-0.15, -0.1) is 6.42 Å². The van der Waals surface area contributed by atoms with Crippen molar-refractivity contribution in [2.24, 2.45) is 0 Å². The molecule has 0 aliphatic carbocycles. The first-order valence-electron chi connectivity index (χ1n) is 6.26. The molecule has 1 atom stereocenters. The van der Waals surface area contributed by atoms with Gasteiger partial charge in [-0.2, -0.15) is 0 Å². The number of hydrogen-bond donors (Lipinski definition) is 2. The van der Waals surface area contributed by atoms with Crippen molar-refractivity contribution in [3.05, 3.63) is 29.8 Å². The zero-order valence-corrected chi connectivity index (χ0v) is 11.6. The Balaban J connectivity index is 2.90. The molecule has 5 nitrogen and oxygen atoms in total. The van der Waals surface area contributed by atoms with Crippen LogP contribution in [0.15, 0.2) is 24.3 Å². The molecule has 1 aromatic rings. The van der Waals surface area contributed by atoms with Crippen LogP contribution in [-0.4, -0.2) is 29.7 Å². The van der Waals surface area contributed by atoms with Crippen LogP contribution in [0.4, 0.5) is 10.5 Å². The molecule has 5 heteroatoms. The fourth-order valence-corrected chi connectivity index (χ4v) is 1.58. The predicted molar refractivity (Wildman–Crippen MR) is 77.6 cm³/mol. The highest BCUT2D eigenvalue weighted by atomic mass is 16.4. The van der Waals surface area contributed by atoms with Gasteiger partial charge in [-0.1, -0.05) is 23.6 Å². The zero-order valence-electron chi connectivity index (χ0n) is 11.6. The molecule has 1 unspecified atom stereocenters. The molecule has 0 saturated heterocycles. The van der Waals surface area contributed by atoms with Crippen LogP contribution in [0.25, 0.3) is 0 Å². The van der Waals surface area contributed by atoms with Gasteiger partial charge in [0.2, 0.25) is 0 Å². The molecule has 0 saturated carbocycles. The molecule has 0 aliphatic heterocycles. The van der Waals surface area contributed by atoms with E-state index in [2.05, 4.69) is 11.2 Å². The maximum atomic E-state index is 12.1. The quantitative estimate of drug-likeness (QED) is 0.807. The summed E-state index contributed by atoms with van der Waals surface area (Å²) in [5.41, 5.74) is 1.70. The lowest BCUT2D eigenvalue weighted by atomic mass is 10.2. The molecule has 1 rings (SSSR count). The summed E-state index contributed by atoms with van der Waals surface area (Å²) >= 11 is 0. The lowest BCUT2D eigenvalue weighted by Gasteiger charge is -2.23. The minimum absolute atomic E-state index is 0.0848. The third kappa shape index (κ3) is 4.65. The highest BCUT2D eigenvalue weighted by molar-refractivity contribution is 5.92. The molecule has 0 aromatic heterocycles. The number of aliphatic carboxylic acids is 1. The van der Waals surface area contributed by atoms with Crippen LogP contribution >= 0.6 is 0 Å². The number of hydrogen-bond acceptors (Lipinski definition) is 2. The van der Waals surface area contributed by atoms with Gasteiger partial charge in [0.05, 0.1) is 12.5 Å². The Morgan fingerprint density at radius 1 is 1.40 bits per heavy atom. The van der Waals surface area contributed by atoms with Crippen molar-refractivity contribution in [3.63, 3.8) is 0 Å². The van der Waals surface area contributed by atoms with Gasteiger partial charge < -0.3 is 10.4 Å². The largest absolute Gasteiger partial charge is 0.481 e. The molecular formula is C15H18N2O3. The van der Waals surface area contributed by atoms with Crippen LogP contribution in [0, 0.1) is 19.3 Å². The van der Waals surface area contributed by atoms with E-state index in [-0.39, 0.29) is 13.0 Å². The van der Waals surface area contributed by atoms with Crippen molar-refractivity contribution in [2.75, 3.05) is 11.4 Å². The van der Waals surface area contributed by atoms with Gasteiger partial charge in [0.15, 0.2) is 0 Å². The number of carbonyl (C=O) groups is 2. The number of carboxylic acid groups (broad SMARTS) is 1. The van der Waals surface area contributed by atoms with Gasteiger partial charge in [-0.25, -0.2) is 4.79 Å². The van der Waals surface area contributed by atoms with Gasteiger partial charge >= 0.3 is 12.0 Å². The van der Waals surface area contributed by atoms with Crippen molar-refractivity contribution < 1.29 is 14.7 Å². The molecule has 2 N–H and O–H groups in total. The summed E-state index contributed by atoms with van der Waals surface area (Å²) in [6, 6.07) is 6.46. The van der Waals surface area contributed by atoms with Gasteiger partial charge in [0, 0.05) is 12.2 Å². The van der Waals surface area contributed by atoms with Crippen LogP contribution < -0.4 is 10.2 Å². The van der Waals surface area contributed by atoms with E-state index in [1.54, 1.807) is 19.1 Å². The number of nitrogens with zero attached hydrogens (tertiary/aromatic N) is 1. The molecule has 2 amide bonds. The number of anilines is 1. The van der Waals surface area contributed by atoms with E-state index in [1.165, 1.54) is 4.90 Å². The third-order valence-electron chi connectivity index (χ3n) is 2.73. The second-order valence-corrected chi connectivity index (χ2v) is 4.47. The van der Waals surface area contributed by atoms with Gasteiger partial charge in [0.25, 0.3) is 0 Å². The van der Waals surface area contributed by atoms with Crippen molar-refractivity contribution >= 4 is 17.7 Å². The van der Waals surface area contributed by atoms with E-state index >= 15 is 0 Å². The minimum atomic E-state index is -0.958. The molecule has 0 spiro atoms. The molecule has 106 valence electrons. The Hall–Kier alpha value is -2.48. The van der Waals surface area contributed by atoms with E-state index in [0.29, 0.717) is 5.69 Å². The van der Waals surface area contributed by atoms with E-state index in [0.717, 1.165) is 5.56 Å². The van der Waals surface area contributed by atoms with Crippen LogP contribution in [0.1, 0.15) is 18.9 Å². The summed E-state index contributed by atoms with van der Waals surface area (Å²) in [4.78, 5) is 24.2. The number of amides is 2. The molecular weight excluding hydrogens is 256 g/mol. The lowest BCUT2D eigenvalue weighted by molar-refractivity contribution is -0.136. The first-order chi connectivity index (χ1) is 9.43. The number of aryl methyl sites for hydroxylation is 1. The normalized spacial score (nSPS) is 11.2. The van der Waals surface area contributed by atoms with Crippen LogP contribution in [0.3, 0.4) is 0 Å². The number of benzene rings is 1. The Morgan fingerprint density at radius 3 is 2.50 bits per heavy atom.